The molecule has 0 fully saturated rings. The minimum absolute atomic E-state index is 0. The van der Waals surface area contributed by atoms with Crippen molar-refractivity contribution < 1.29 is 167 Å². The van der Waals surface area contributed by atoms with Crippen LogP contribution in [0, 0.1) is 0 Å². The molecule has 0 saturated heterocycles. The van der Waals surface area contributed by atoms with E-state index in [1.54, 1.807) is 0 Å². The van der Waals surface area contributed by atoms with E-state index in [2.05, 4.69) is 0 Å². The van der Waals surface area contributed by atoms with Crippen LogP contribution in [-0.2, 0) is 82.5 Å². The zero-order chi connectivity index (χ0) is 7.15. The molecule has 0 amide bonds. The van der Waals surface area contributed by atoms with Crippen molar-refractivity contribution in [3.63, 3.8) is 0 Å². The average Bonchev–Trinajstić information content (AvgIpc) is 1.25. The van der Waals surface area contributed by atoms with Gasteiger partial charge < -0.3 is 84.8 Å². The molecule has 0 aliphatic heterocycles. The van der Waals surface area contributed by atoms with Crippen molar-refractivity contribution in [2.45, 2.75) is 0 Å². The van der Waals surface area contributed by atoms with E-state index in [4.69, 9.17) is 30.0 Å². The zero-order valence-electron chi connectivity index (χ0n) is 9.71. The maximum atomic E-state index is 8.33. The molecule has 0 spiro atoms. The number of carboxylic acid groups (broad SMARTS) is 4. The molecule has 16 nitrogen and oxygen atoms in total. The Morgan fingerprint density at radius 1 is 0.391 bits per heavy atom. The number of rotatable bonds is 0. The summed E-state index contributed by atoms with van der Waals surface area (Å²) < 4.78 is 0. The Morgan fingerprint density at radius 3 is 0.391 bits per heavy atom. The fraction of sp³-hybridized carbons (Fsp3) is 0. The Hall–Kier alpha value is 0.608. The summed E-state index contributed by atoms with van der Waals surface area (Å²) in [6, 6.07) is 0. The van der Waals surface area contributed by atoms with Crippen LogP contribution in [0.5, 0.6) is 0 Å². The molecule has 0 aromatic heterocycles. The summed E-state index contributed by atoms with van der Waals surface area (Å²) in [4.78, 5) is 16.7. The second kappa shape index (κ2) is 242. The second-order valence-electron chi connectivity index (χ2n) is 0.500. The number of carbonyl (C=O) groups excluding carboxylic acids is 2. The molecule has 0 aliphatic rings. The van der Waals surface area contributed by atoms with Crippen LogP contribution in [0.3, 0.4) is 0 Å². The maximum Gasteiger partial charge on any atom is 2.00 e. The third kappa shape index (κ3) is 26000. The molecule has 0 saturated carbocycles. The largest absolute Gasteiger partial charge is 2.00 e. The van der Waals surface area contributed by atoms with Crippen molar-refractivity contribution in [2.75, 3.05) is 0 Å². The fourth-order valence-electron chi connectivity index (χ4n) is 0. The van der Waals surface area contributed by atoms with Gasteiger partial charge in [-0.05, 0) is 12.3 Å². The van der Waals surface area contributed by atoms with Crippen molar-refractivity contribution in [1.29, 1.82) is 0 Å². The van der Waals surface area contributed by atoms with Crippen molar-refractivity contribution in [1.82, 2.24) is 0 Å². The van der Waals surface area contributed by atoms with Gasteiger partial charge in [0, 0.05) is 0 Å². The third-order valence-corrected chi connectivity index (χ3v) is 0. The van der Waals surface area contributed by atoms with Gasteiger partial charge in [-0.3, -0.25) is 0 Å². The van der Waals surface area contributed by atoms with E-state index in [9.17, 15) is 0 Å². The van der Waals surface area contributed by atoms with Gasteiger partial charge in [0.2, 0.25) is 0 Å². The Morgan fingerprint density at radius 2 is 0.391 bits per heavy atom. The number of hydrogen-bond donors (Lipinski definition) is 0. The maximum absolute atomic E-state index is 8.33. The Labute approximate surface area is 179 Å². The predicted molar refractivity (Wildman–Crippen MR) is 36.9 cm³/mol. The van der Waals surface area contributed by atoms with Crippen molar-refractivity contribution in [3.05, 3.63) is 0 Å². The molecule has 0 atom stereocenters. The summed E-state index contributed by atoms with van der Waals surface area (Å²) in [5.41, 5.74) is 0. The standard InChI is InChI=1S/2CH2O3.5Ni.10H2O/c2*2-1(3)4;;;;;;;;;;;;;;;/h2*(H2,2,3,4);;;;;;10*1H2/q;;5*+2;;;;;;;;;;/p-10. The minimum Gasteiger partial charge on any atom is -0.870 e. The molecule has 14 N–H and O–H groups in total. The molecule has 0 rings (SSSR count). The molecule has 0 aromatic rings. The molecule has 168 valence electrons. The molecule has 0 aromatic carbocycles. The Bertz CT molecular complexity index is 84.5. The molecule has 0 aliphatic carbocycles. The molecular weight excluding hydrogens is 573 g/mol. The van der Waals surface area contributed by atoms with Crippen LogP contribution in [0.25, 0.3) is 0 Å². The molecule has 0 unspecified atom stereocenters. The van der Waals surface area contributed by atoms with Crippen molar-refractivity contribution in [3.8, 4) is 0 Å². The van der Waals surface area contributed by atoms with Crippen LogP contribution < -0.4 is 20.4 Å². The average molecular weight is 588 g/mol. The SMILES string of the molecule is O.O.O.O.O=C([O-])[O-].O=C([O-])[O-].[Ni+2].[Ni+2].[Ni+2].[Ni+2].[Ni+2].[OH-].[OH-].[OH-].[OH-].[OH-].[OH-]. The van der Waals surface area contributed by atoms with Gasteiger partial charge in [-0.1, -0.05) is 0 Å². The summed E-state index contributed by atoms with van der Waals surface area (Å²) in [7, 11) is 0. The van der Waals surface area contributed by atoms with E-state index in [1.807, 2.05) is 0 Å². The first-order valence-electron chi connectivity index (χ1n) is 1.22. The van der Waals surface area contributed by atoms with Crippen molar-refractivity contribution >= 4 is 12.3 Å². The molecule has 0 radical (unpaired) electrons. The first kappa shape index (κ1) is 276. The van der Waals surface area contributed by atoms with E-state index in [-0.39, 0.29) is 137 Å². The molecule has 0 bridgehead atoms. The van der Waals surface area contributed by atoms with Gasteiger partial charge in [-0.2, -0.15) is 0 Å². The van der Waals surface area contributed by atoms with Crippen LogP contribution in [-0.4, -0.2) is 67.1 Å². The van der Waals surface area contributed by atoms with Crippen LogP contribution >= 0.6 is 0 Å². The predicted octanol–water partition coefficient (Wildman–Crippen LogP) is -9.27. The van der Waals surface area contributed by atoms with Crippen molar-refractivity contribution in [2.24, 2.45) is 0 Å². The quantitative estimate of drug-likeness (QED) is 0.238. The summed E-state index contributed by atoms with van der Waals surface area (Å²) in [5.74, 6) is 0. The van der Waals surface area contributed by atoms with E-state index in [0.717, 1.165) is 0 Å². The fourth-order valence-corrected chi connectivity index (χ4v) is 0. The monoisotopic (exact) mass is 584 g/mol. The first-order chi connectivity index (χ1) is 3.46. The van der Waals surface area contributed by atoms with Gasteiger partial charge >= 0.3 is 82.5 Å². The molecule has 21 heteroatoms. The Balaban J connectivity index is -0.00000000126. The van der Waals surface area contributed by atoms with Gasteiger partial charge in [0.1, 0.15) is 0 Å². The molecular formula is C2H14Ni5O16. The van der Waals surface area contributed by atoms with Crippen LogP contribution in [0.15, 0.2) is 0 Å². The number of carbonyl (C=O) groups is 2. The van der Waals surface area contributed by atoms with Gasteiger partial charge in [-0.25, -0.2) is 0 Å². The smallest absolute Gasteiger partial charge is 0.870 e. The normalized spacial score (nSPS) is 2.09. The summed E-state index contributed by atoms with van der Waals surface area (Å²) >= 11 is 0. The first-order valence-corrected chi connectivity index (χ1v) is 1.22. The van der Waals surface area contributed by atoms with E-state index in [1.165, 1.54) is 0 Å². The van der Waals surface area contributed by atoms with E-state index >= 15 is 0 Å². The minimum atomic E-state index is -2.33. The Kier molecular flexibility index (Phi) is 2900. The van der Waals surface area contributed by atoms with Crippen LogP contribution in [0.4, 0.5) is 9.59 Å². The zero-order valence-corrected chi connectivity index (χ0v) is 14.7. The van der Waals surface area contributed by atoms with Crippen LogP contribution in [0.2, 0.25) is 0 Å². The third-order valence-electron chi connectivity index (χ3n) is 0. The topological polar surface area (TPSA) is 432 Å². The molecule has 23 heavy (non-hydrogen) atoms. The molecule has 0 heterocycles. The van der Waals surface area contributed by atoms with Gasteiger partial charge in [0.15, 0.2) is 0 Å². The second-order valence-corrected chi connectivity index (χ2v) is 0.500. The van der Waals surface area contributed by atoms with Crippen LogP contribution in [0.1, 0.15) is 0 Å². The summed E-state index contributed by atoms with van der Waals surface area (Å²) in [6.07, 6.45) is -4.67. The van der Waals surface area contributed by atoms with E-state index in [0.29, 0.717) is 0 Å². The van der Waals surface area contributed by atoms with Gasteiger partial charge in [0.25, 0.3) is 0 Å². The number of hydrogen-bond acceptors (Lipinski definition) is 12. The van der Waals surface area contributed by atoms with Gasteiger partial charge in [-0.15, -0.1) is 0 Å². The summed E-state index contributed by atoms with van der Waals surface area (Å²) in [5, 5.41) is 33.3. The van der Waals surface area contributed by atoms with Gasteiger partial charge in [0.05, 0.1) is 0 Å². The summed E-state index contributed by atoms with van der Waals surface area (Å²) in [6.45, 7) is 0. The van der Waals surface area contributed by atoms with E-state index < -0.39 is 12.3 Å².